The predicted octanol–water partition coefficient (Wildman–Crippen LogP) is 1.14. The van der Waals surface area contributed by atoms with Crippen molar-refractivity contribution in [3.8, 4) is 0 Å². The second kappa shape index (κ2) is 4.64. The monoisotopic (exact) mass is 286 g/mol. The lowest BCUT2D eigenvalue weighted by molar-refractivity contribution is -0.150. The Morgan fingerprint density at radius 1 is 1.53 bits per heavy atom. The zero-order chi connectivity index (χ0) is 14.3. The third kappa shape index (κ3) is 2.17. The van der Waals surface area contributed by atoms with Crippen molar-refractivity contribution in [3.63, 3.8) is 0 Å². The maximum absolute atomic E-state index is 12.3. The van der Waals surface area contributed by atoms with Crippen LogP contribution in [0.4, 0.5) is 0 Å². The van der Waals surface area contributed by atoms with Crippen LogP contribution in [0.5, 0.6) is 0 Å². The highest BCUT2D eigenvalue weighted by Crippen LogP contribution is 2.40. The summed E-state index contributed by atoms with van der Waals surface area (Å²) in [5.41, 5.74) is -0.983. The topological polar surface area (TPSA) is 90.5 Å². The molecular weight excluding hydrogens is 268 g/mol. The maximum Gasteiger partial charge on any atom is 0.311 e. The highest BCUT2D eigenvalue weighted by molar-refractivity contribution is 7.89. The number of hydrogen-bond acceptors (Lipinski definition) is 3. The van der Waals surface area contributed by atoms with E-state index in [-0.39, 0.29) is 23.9 Å². The van der Waals surface area contributed by atoms with Crippen LogP contribution in [0.2, 0.25) is 0 Å². The van der Waals surface area contributed by atoms with Crippen LogP contribution in [0.3, 0.4) is 0 Å². The molecule has 1 fully saturated rings. The van der Waals surface area contributed by atoms with Crippen LogP contribution in [0.15, 0.2) is 23.4 Å². The maximum atomic E-state index is 12.3. The number of aliphatic carboxylic acids is 1. The Labute approximate surface area is 112 Å². The molecule has 2 N–H and O–H groups in total. The molecule has 0 aromatic carbocycles. The number of sulfonamides is 1. The number of carboxylic acid groups (broad SMARTS) is 1. The smallest absolute Gasteiger partial charge is 0.311 e. The minimum atomic E-state index is -3.59. The van der Waals surface area contributed by atoms with Gasteiger partial charge in [0, 0.05) is 25.5 Å². The molecule has 1 atom stereocenters. The van der Waals surface area contributed by atoms with E-state index in [2.05, 4.69) is 4.98 Å². The summed E-state index contributed by atoms with van der Waals surface area (Å²) in [6.45, 7) is 3.92. The zero-order valence-electron chi connectivity index (χ0n) is 11.0. The third-order valence-corrected chi connectivity index (χ3v) is 5.85. The van der Waals surface area contributed by atoms with Gasteiger partial charge in [0.05, 0.1) is 10.3 Å². The molecule has 0 spiro atoms. The summed E-state index contributed by atoms with van der Waals surface area (Å²) < 4.78 is 26.0. The number of rotatable bonds is 4. The number of carbonyl (C=O) groups is 1. The molecule has 0 radical (unpaired) electrons. The summed E-state index contributed by atoms with van der Waals surface area (Å²) in [6.07, 6.45) is 3.30. The molecule has 0 bridgehead atoms. The Morgan fingerprint density at radius 2 is 2.21 bits per heavy atom. The Balaban J connectivity index is 2.30. The van der Waals surface area contributed by atoms with Gasteiger partial charge in [-0.05, 0) is 18.4 Å². The van der Waals surface area contributed by atoms with Crippen LogP contribution in [-0.2, 0) is 14.8 Å². The quantitative estimate of drug-likeness (QED) is 0.868. The van der Waals surface area contributed by atoms with Crippen LogP contribution in [0, 0.1) is 11.3 Å². The summed E-state index contributed by atoms with van der Waals surface area (Å²) in [6, 6.07) is 1.48. The molecule has 2 rings (SSSR count). The third-order valence-electron chi connectivity index (χ3n) is 4.00. The van der Waals surface area contributed by atoms with Gasteiger partial charge in [0.25, 0.3) is 0 Å². The van der Waals surface area contributed by atoms with E-state index in [1.807, 2.05) is 13.8 Å². The first-order chi connectivity index (χ1) is 8.80. The van der Waals surface area contributed by atoms with Crippen LogP contribution < -0.4 is 0 Å². The van der Waals surface area contributed by atoms with E-state index in [1.165, 1.54) is 22.8 Å². The summed E-state index contributed by atoms with van der Waals surface area (Å²) in [5.74, 6) is -1.04. The molecule has 0 amide bonds. The number of nitrogens with zero attached hydrogens (tertiary/aromatic N) is 1. The Bertz CT molecular complexity index is 565. The van der Waals surface area contributed by atoms with Gasteiger partial charge in [-0.15, -0.1) is 0 Å². The van der Waals surface area contributed by atoms with Gasteiger partial charge < -0.3 is 10.1 Å². The van der Waals surface area contributed by atoms with Crippen molar-refractivity contribution in [1.82, 2.24) is 9.29 Å². The van der Waals surface area contributed by atoms with Gasteiger partial charge in [0.2, 0.25) is 10.0 Å². The van der Waals surface area contributed by atoms with Crippen LogP contribution in [0.1, 0.15) is 20.3 Å². The molecule has 1 saturated heterocycles. The van der Waals surface area contributed by atoms with Gasteiger partial charge in [0.1, 0.15) is 0 Å². The fourth-order valence-electron chi connectivity index (χ4n) is 2.51. The van der Waals surface area contributed by atoms with Crippen molar-refractivity contribution in [2.75, 3.05) is 13.1 Å². The molecule has 106 valence electrons. The van der Waals surface area contributed by atoms with Crippen molar-refractivity contribution in [3.05, 3.63) is 18.5 Å². The van der Waals surface area contributed by atoms with Crippen LogP contribution in [0.25, 0.3) is 0 Å². The fraction of sp³-hybridized carbons (Fsp3) is 0.583. The first-order valence-electron chi connectivity index (χ1n) is 6.17. The Hall–Kier alpha value is -1.34. The van der Waals surface area contributed by atoms with Crippen LogP contribution in [-0.4, -0.2) is 41.9 Å². The molecule has 0 aliphatic carbocycles. The minimum Gasteiger partial charge on any atom is -0.481 e. The summed E-state index contributed by atoms with van der Waals surface area (Å²) in [5, 5.41) is 9.42. The van der Waals surface area contributed by atoms with Gasteiger partial charge in [0.15, 0.2) is 0 Å². The largest absolute Gasteiger partial charge is 0.481 e. The average molecular weight is 286 g/mol. The number of nitrogens with one attached hydrogen (secondary N) is 1. The van der Waals surface area contributed by atoms with E-state index in [1.54, 1.807) is 0 Å². The lowest BCUT2D eigenvalue weighted by atomic mass is 9.77. The first kappa shape index (κ1) is 14.1. The lowest BCUT2D eigenvalue weighted by Gasteiger charge is -2.28. The molecule has 6 nitrogen and oxygen atoms in total. The average Bonchev–Trinajstić information content (AvgIpc) is 3.00. The molecule has 2 heterocycles. The number of carboxylic acids is 1. The van der Waals surface area contributed by atoms with E-state index in [9.17, 15) is 18.3 Å². The predicted molar refractivity (Wildman–Crippen MR) is 69.1 cm³/mol. The second-order valence-corrected chi connectivity index (χ2v) is 7.19. The summed E-state index contributed by atoms with van der Waals surface area (Å²) in [7, 11) is -3.59. The minimum absolute atomic E-state index is 0.0352. The van der Waals surface area contributed by atoms with Gasteiger partial charge >= 0.3 is 5.97 Å². The Kier molecular flexibility index (Phi) is 3.44. The summed E-state index contributed by atoms with van der Waals surface area (Å²) in [4.78, 5) is 14.4. The molecule has 7 heteroatoms. The van der Waals surface area contributed by atoms with E-state index >= 15 is 0 Å². The first-order valence-corrected chi connectivity index (χ1v) is 7.61. The zero-order valence-corrected chi connectivity index (χ0v) is 11.8. The molecule has 1 aromatic rings. The van der Waals surface area contributed by atoms with Crippen LogP contribution >= 0.6 is 0 Å². The molecular formula is C12H18N2O4S. The van der Waals surface area contributed by atoms with Gasteiger partial charge in [-0.1, -0.05) is 13.8 Å². The summed E-state index contributed by atoms with van der Waals surface area (Å²) >= 11 is 0. The van der Waals surface area contributed by atoms with Crippen molar-refractivity contribution in [1.29, 1.82) is 0 Å². The molecule has 0 saturated carbocycles. The molecule has 1 aliphatic rings. The van der Waals surface area contributed by atoms with Crippen molar-refractivity contribution >= 4 is 16.0 Å². The van der Waals surface area contributed by atoms with Gasteiger partial charge in [-0.3, -0.25) is 4.79 Å². The SMILES string of the molecule is CC(C)C1(C(=O)O)CCN(S(=O)(=O)c2cc[nH]c2)C1. The normalized spacial score (nSPS) is 25.0. The number of aromatic nitrogens is 1. The number of hydrogen-bond donors (Lipinski definition) is 2. The van der Waals surface area contributed by atoms with Crippen molar-refractivity contribution in [2.45, 2.75) is 25.2 Å². The molecule has 19 heavy (non-hydrogen) atoms. The van der Waals surface area contributed by atoms with Crippen molar-refractivity contribution < 1.29 is 18.3 Å². The molecule has 1 aromatic heterocycles. The van der Waals surface area contributed by atoms with Gasteiger partial charge in [-0.25, -0.2) is 8.42 Å². The number of aromatic amines is 1. The number of H-pyrrole nitrogens is 1. The molecule has 1 unspecified atom stereocenters. The van der Waals surface area contributed by atoms with E-state index < -0.39 is 21.4 Å². The standard InChI is InChI=1S/C12H18N2O4S/c1-9(2)12(11(15)16)4-6-14(8-12)19(17,18)10-3-5-13-7-10/h3,5,7,9,13H,4,6,8H2,1-2H3,(H,15,16). The van der Waals surface area contributed by atoms with Crippen molar-refractivity contribution in [2.24, 2.45) is 11.3 Å². The lowest BCUT2D eigenvalue weighted by Crippen LogP contribution is -2.40. The fourth-order valence-corrected chi connectivity index (χ4v) is 4.00. The Morgan fingerprint density at radius 3 is 2.63 bits per heavy atom. The second-order valence-electron chi connectivity index (χ2n) is 5.25. The van der Waals surface area contributed by atoms with Gasteiger partial charge in [-0.2, -0.15) is 4.31 Å². The van der Waals surface area contributed by atoms with E-state index in [4.69, 9.17) is 0 Å². The van der Waals surface area contributed by atoms with E-state index in [0.29, 0.717) is 6.42 Å². The highest BCUT2D eigenvalue weighted by atomic mass is 32.2. The highest BCUT2D eigenvalue weighted by Gasteiger charge is 2.50. The van der Waals surface area contributed by atoms with E-state index in [0.717, 1.165) is 0 Å². The molecule has 1 aliphatic heterocycles.